The molecule has 0 saturated carbocycles. The van der Waals surface area contributed by atoms with Crippen LogP contribution in [0.15, 0.2) is 35.4 Å². The summed E-state index contributed by atoms with van der Waals surface area (Å²) in [5.41, 5.74) is 1.09. The van der Waals surface area contributed by atoms with Crippen molar-refractivity contribution in [3.63, 3.8) is 0 Å². The molecule has 1 amide bonds. The van der Waals surface area contributed by atoms with E-state index in [9.17, 15) is 26.4 Å². The van der Waals surface area contributed by atoms with E-state index in [-0.39, 0.29) is 29.8 Å². The number of H-pyrrole nitrogens is 1. The third-order valence-electron chi connectivity index (χ3n) is 5.48. The molecule has 0 unspecified atom stereocenters. The van der Waals surface area contributed by atoms with Crippen molar-refractivity contribution < 1.29 is 26.4 Å². The predicted molar refractivity (Wildman–Crippen MR) is 108 cm³/mol. The Kier molecular flexibility index (Phi) is 7.05. The third kappa shape index (κ3) is 5.65. The van der Waals surface area contributed by atoms with Crippen molar-refractivity contribution in [1.82, 2.24) is 19.8 Å². The van der Waals surface area contributed by atoms with E-state index < -0.39 is 21.8 Å². The van der Waals surface area contributed by atoms with Gasteiger partial charge in [0.05, 0.1) is 16.7 Å². The van der Waals surface area contributed by atoms with Crippen LogP contribution >= 0.6 is 0 Å². The molecule has 11 heteroatoms. The Morgan fingerprint density at radius 2 is 2.00 bits per heavy atom. The molecule has 2 aromatic rings. The molecule has 1 aliphatic rings. The largest absolute Gasteiger partial charge is 0.416 e. The van der Waals surface area contributed by atoms with Crippen LogP contribution in [-0.2, 0) is 27.4 Å². The highest BCUT2D eigenvalue weighted by molar-refractivity contribution is 7.89. The number of sulfonamides is 1. The standard InChI is InChI=1S/C20H25F3N4O3S/c1-14-16(13-25-26-14)4-3-9-24-19(28)15-7-10-27(11-8-15)31(29,30)18-6-2-5-17(12-18)20(21,22)23/h2,5-6,12-13,15H,3-4,7-11H2,1H3,(H,24,28)(H,25,26). The van der Waals surface area contributed by atoms with Gasteiger partial charge in [-0.25, -0.2) is 8.42 Å². The molecule has 2 heterocycles. The van der Waals surface area contributed by atoms with Crippen LogP contribution in [0.25, 0.3) is 0 Å². The molecule has 1 aromatic carbocycles. The molecule has 1 aliphatic heterocycles. The SMILES string of the molecule is Cc1[nH]ncc1CCCNC(=O)C1CCN(S(=O)(=O)c2cccc(C(F)(F)F)c2)CC1. The van der Waals surface area contributed by atoms with Crippen LogP contribution in [0.4, 0.5) is 13.2 Å². The maximum absolute atomic E-state index is 12.9. The molecule has 1 aromatic heterocycles. The molecule has 3 rings (SSSR count). The van der Waals surface area contributed by atoms with Crippen molar-refractivity contribution in [1.29, 1.82) is 0 Å². The van der Waals surface area contributed by atoms with E-state index in [0.29, 0.717) is 25.5 Å². The van der Waals surface area contributed by atoms with Crippen molar-refractivity contribution in [2.24, 2.45) is 5.92 Å². The molecular formula is C20H25F3N4O3S. The highest BCUT2D eigenvalue weighted by Gasteiger charge is 2.35. The third-order valence-corrected chi connectivity index (χ3v) is 7.37. The van der Waals surface area contributed by atoms with Gasteiger partial charge < -0.3 is 5.32 Å². The minimum Gasteiger partial charge on any atom is -0.356 e. The zero-order valence-electron chi connectivity index (χ0n) is 17.1. The molecule has 170 valence electrons. The molecule has 0 atom stereocenters. The second-order valence-corrected chi connectivity index (χ2v) is 9.56. The van der Waals surface area contributed by atoms with Gasteiger partial charge in [-0.05, 0) is 56.4 Å². The minimum atomic E-state index is -4.62. The molecule has 31 heavy (non-hydrogen) atoms. The molecule has 0 radical (unpaired) electrons. The quantitative estimate of drug-likeness (QED) is 0.624. The zero-order valence-corrected chi connectivity index (χ0v) is 17.9. The number of nitrogens with zero attached hydrogens (tertiary/aromatic N) is 2. The van der Waals surface area contributed by atoms with E-state index in [2.05, 4.69) is 15.5 Å². The van der Waals surface area contributed by atoms with E-state index >= 15 is 0 Å². The summed E-state index contributed by atoms with van der Waals surface area (Å²) in [6, 6.07) is 3.73. The van der Waals surface area contributed by atoms with Crippen LogP contribution in [-0.4, -0.2) is 48.5 Å². The number of halogens is 3. The molecule has 0 spiro atoms. The fourth-order valence-electron chi connectivity index (χ4n) is 3.60. The van der Waals surface area contributed by atoms with Gasteiger partial charge in [-0.1, -0.05) is 6.07 Å². The van der Waals surface area contributed by atoms with Crippen molar-refractivity contribution in [2.45, 2.75) is 43.7 Å². The van der Waals surface area contributed by atoms with Gasteiger partial charge in [0, 0.05) is 31.2 Å². The summed E-state index contributed by atoms with van der Waals surface area (Å²) in [7, 11) is -4.05. The van der Waals surface area contributed by atoms with E-state index in [4.69, 9.17) is 0 Å². The first-order valence-corrected chi connectivity index (χ1v) is 11.5. The van der Waals surface area contributed by atoms with Crippen molar-refractivity contribution in [3.05, 3.63) is 47.3 Å². The number of nitrogens with one attached hydrogen (secondary N) is 2. The van der Waals surface area contributed by atoms with Gasteiger partial charge in [-0.3, -0.25) is 9.89 Å². The minimum absolute atomic E-state index is 0.0882. The van der Waals surface area contributed by atoms with E-state index in [1.54, 1.807) is 6.20 Å². The summed E-state index contributed by atoms with van der Waals surface area (Å²) in [4.78, 5) is 12.0. The van der Waals surface area contributed by atoms with Crippen molar-refractivity contribution in [3.8, 4) is 0 Å². The number of carbonyl (C=O) groups is 1. The first-order valence-electron chi connectivity index (χ1n) is 10.0. The number of hydrogen-bond donors (Lipinski definition) is 2. The average Bonchev–Trinajstić information content (AvgIpc) is 3.15. The van der Waals surface area contributed by atoms with Crippen LogP contribution in [0.2, 0.25) is 0 Å². The number of hydrogen-bond acceptors (Lipinski definition) is 4. The lowest BCUT2D eigenvalue weighted by atomic mass is 9.97. The number of aromatic nitrogens is 2. The second-order valence-electron chi connectivity index (χ2n) is 7.62. The van der Waals surface area contributed by atoms with E-state index in [0.717, 1.165) is 46.6 Å². The van der Waals surface area contributed by atoms with Crippen LogP contribution in [0.1, 0.15) is 36.1 Å². The first-order chi connectivity index (χ1) is 14.6. The summed E-state index contributed by atoms with van der Waals surface area (Å²) in [6.45, 7) is 2.62. The molecule has 1 fully saturated rings. The Morgan fingerprint density at radius 3 is 2.61 bits per heavy atom. The fourth-order valence-corrected chi connectivity index (χ4v) is 5.12. The monoisotopic (exact) mass is 458 g/mol. The van der Waals surface area contributed by atoms with E-state index in [1.807, 2.05) is 6.92 Å². The highest BCUT2D eigenvalue weighted by atomic mass is 32.2. The number of aromatic amines is 1. The van der Waals surface area contributed by atoms with Crippen molar-refractivity contribution >= 4 is 15.9 Å². The zero-order chi connectivity index (χ0) is 22.6. The Morgan fingerprint density at radius 1 is 1.29 bits per heavy atom. The summed E-state index contributed by atoms with van der Waals surface area (Å²) in [6.07, 6.45) is -0.661. The summed E-state index contributed by atoms with van der Waals surface area (Å²) < 4.78 is 65.4. The van der Waals surface area contributed by atoms with Crippen LogP contribution in [0.5, 0.6) is 0 Å². The molecular weight excluding hydrogens is 433 g/mol. The van der Waals surface area contributed by atoms with Gasteiger partial charge in [0.15, 0.2) is 0 Å². The summed E-state index contributed by atoms with van der Waals surface area (Å²) in [5, 5.41) is 9.70. The van der Waals surface area contributed by atoms with Gasteiger partial charge in [0.25, 0.3) is 0 Å². The van der Waals surface area contributed by atoms with Gasteiger partial charge in [-0.2, -0.15) is 22.6 Å². The predicted octanol–water partition coefficient (Wildman–Crippen LogP) is 2.89. The Hall–Kier alpha value is -2.40. The molecule has 0 bridgehead atoms. The van der Waals surface area contributed by atoms with Crippen LogP contribution in [0, 0.1) is 12.8 Å². The maximum Gasteiger partial charge on any atom is 0.416 e. The summed E-state index contributed by atoms with van der Waals surface area (Å²) in [5.74, 6) is -0.441. The highest BCUT2D eigenvalue weighted by Crippen LogP contribution is 2.32. The van der Waals surface area contributed by atoms with Crippen LogP contribution in [0.3, 0.4) is 0 Å². The number of rotatable bonds is 7. The smallest absolute Gasteiger partial charge is 0.356 e. The van der Waals surface area contributed by atoms with E-state index in [1.165, 1.54) is 0 Å². The molecule has 1 saturated heterocycles. The Labute approximate surface area is 179 Å². The molecule has 0 aliphatic carbocycles. The number of aryl methyl sites for hydroxylation is 2. The number of piperidine rings is 1. The molecule has 2 N–H and O–H groups in total. The number of carbonyl (C=O) groups excluding carboxylic acids is 1. The van der Waals surface area contributed by atoms with Gasteiger partial charge >= 0.3 is 6.18 Å². The normalized spacial score (nSPS) is 16.4. The average molecular weight is 459 g/mol. The lowest BCUT2D eigenvalue weighted by Gasteiger charge is -2.30. The number of alkyl halides is 3. The van der Waals surface area contributed by atoms with Gasteiger partial charge in [0.1, 0.15) is 0 Å². The van der Waals surface area contributed by atoms with Gasteiger partial charge in [-0.15, -0.1) is 0 Å². The van der Waals surface area contributed by atoms with Crippen molar-refractivity contribution in [2.75, 3.05) is 19.6 Å². The fraction of sp³-hybridized carbons (Fsp3) is 0.500. The van der Waals surface area contributed by atoms with Crippen LogP contribution < -0.4 is 5.32 Å². The topological polar surface area (TPSA) is 95.2 Å². The summed E-state index contributed by atoms with van der Waals surface area (Å²) >= 11 is 0. The number of benzene rings is 1. The number of amides is 1. The molecule has 7 nitrogen and oxygen atoms in total. The Bertz CT molecular complexity index is 1010. The lowest BCUT2D eigenvalue weighted by molar-refractivity contribution is -0.137. The maximum atomic E-state index is 12.9. The first kappa shape index (κ1) is 23.3. The van der Waals surface area contributed by atoms with Gasteiger partial charge in [0.2, 0.25) is 15.9 Å². The lowest BCUT2D eigenvalue weighted by Crippen LogP contribution is -2.43. The second kappa shape index (κ2) is 9.39. The Balaban J connectivity index is 1.50.